The maximum absolute atomic E-state index is 11.5. The molecular formula is C13H13N3O3. The molecule has 0 aliphatic heterocycles. The number of benzene rings is 1. The summed E-state index contributed by atoms with van der Waals surface area (Å²) in [7, 11) is 0. The molecule has 0 aliphatic carbocycles. The molecule has 3 N–H and O–H groups in total. The standard InChI is InChI=1S/C13H13N3O3/c1-7-3-4-10(8(2)5-7)14-6-9-11(17)15-13(19)16-12(9)18/h3-6H,1-2H3,(H3,15,16,17,18,19). The van der Waals surface area contributed by atoms with E-state index in [0.717, 1.165) is 11.1 Å². The number of aromatic amines is 2. The van der Waals surface area contributed by atoms with E-state index < -0.39 is 17.1 Å². The van der Waals surface area contributed by atoms with Crippen LogP contribution >= 0.6 is 0 Å². The number of nitrogens with one attached hydrogen (secondary N) is 2. The van der Waals surface area contributed by atoms with Crippen LogP contribution in [0.15, 0.2) is 32.8 Å². The van der Waals surface area contributed by atoms with Crippen molar-refractivity contribution in [2.24, 2.45) is 4.99 Å². The van der Waals surface area contributed by atoms with Crippen molar-refractivity contribution in [2.45, 2.75) is 13.8 Å². The average molecular weight is 259 g/mol. The normalized spacial score (nSPS) is 11.1. The highest BCUT2D eigenvalue weighted by atomic mass is 16.3. The number of aromatic hydroxyl groups is 1. The minimum atomic E-state index is -0.758. The molecule has 0 saturated heterocycles. The van der Waals surface area contributed by atoms with Crippen molar-refractivity contribution in [3.63, 3.8) is 0 Å². The van der Waals surface area contributed by atoms with Gasteiger partial charge in [-0.05, 0) is 25.5 Å². The van der Waals surface area contributed by atoms with Gasteiger partial charge in [-0.25, -0.2) is 4.79 Å². The molecule has 98 valence electrons. The summed E-state index contributed by atoms with van der Waals surface area (Å²) in [6, 6.07) is 5.68. The van der Waals surface area contributed by atoms with Crippen molar-refractivity contribution in [1.82, 2.24) is 9.97 Å². The Kier molecular flexibility index (Phi) is 3.33. The Bertz CT molecular complexity index is 756. The van der Waals surface area contributed by atoms with Gasteiger partial charge in [0.25, 0.3) is 5.56 Å². The molecule has 0 fully saturated rings. The lowest BCUT2D eigenvalue weighted by Gasteiger charge is -2.01. The Morgan fingerprint density at radius 2 is 1.95 bits per heavy atom. The number of nitrogens with zero attached hydrogens (tertiary/aromatic N) is 1. The fraction of sp³-hybridized carbons (Fsp3) is 0.154. The number of rotatable bonds is 2. The zero-order chi connectivity index (χ0) is 14.0. The fourth-order valence-corrected chi connectivity index (χ4v) is 1.69. The summed E-state index contributed by atoms with van der Waals surface area (Å²) >= 11 is 0. The lowest BCUT2D eigenvalue weighted by atomic mass is 10.1. The second-order valence-corrected chi connectivity index (χ2v) is 4.22. The topological polar surface area (TPSA) is 98.3 Å². The second-order valence-electron chi connectivity index (χ2n) is 4.22. The SMILES string of the molecule is Cc1ccc(N=Cc2c(O)[nH]c(=O)[nH]c2=O)c(C)c1. The first-order chi connectivity index (χ1) is 8.97. The van der Waals surface area contributed by atoms with Crippen molar-refractivity contribution >= 4 is 11.9 Å². The molecule has 6 heteroatoms. The molecular weight excluding hydrogens is 246 g/mol. The molecule has 0 radical (unpaired) electrons. The summed E-state index contributed by atoms with van der Waals surface area (Å²) < 4.78 is 0. The van der Waals surface area contributed by atoms with Crippen LogP contribution in [0.2, 0.25) is 0 Å². The molecule has 0 saturated carbocycles. The monoisotopic (exact) mass is 259 g/mol. The molecule has 0 bridgehead atoms. The van der Waals surface area contributed by atoms with E-state index in [1.54, 1.807) is 0 Å². The maximum atomic E-state index is 11.5. The van der Waals surface area contributed by atoms with Crippen molar-refractivity contribution in [2.75, 3.05) is 0 Å². The molecule has 2 rings (SSSR count). The van der Waals surface area contributed by atoms with Gasteiger partial charge in [0.1, 0.15) is 5.56 Å². The van der Waals surface area contributed by atoms with Crippen molar-refractivity contribution in [1.29, 1.82) is 0 Å². The summed E-state index contributed by atoms with van der Waals surface area (Å²) in [5.74, 6) is -0.498. The van der Waals surface area contributed by atoms with E-state index in [4.69, 9.17) is 0 Å². The van der Waals surface area contributed by atoms with Crippen LogP contribution in [-0.2, 0) is 0 Å². The molecule has 1 aromatic heterocycles. The first-order valence-corrected chi connectivity index (χ1v) is 5.64. The minimum Gasteiger partial charge on any atom is -0.494 e. The van der Waals surface area contributed by atoms with Gasteiger partial charge in [-0.15, -0.1) is 0 Å². The summed E-state index contributed by atoms with van der Waals surface area (Å²) in [5, 5.41) is 9.50. The van der Waals surface area contributed by atoms with Crippen molar-refractivity contribution in [3.05, 3.63) is 55.7 Å². The Hall–Kier alpha value is -2.63. The van der Waals surface area contributed by atoms with E-state index >= 15 is 0 Å². The largest absolute Gasteiger partial charge is 0.494 e. The molecule has 0 spiro atoms. The van der Waals surface area contributed by atoms with Crippen LogP contribution in [0, 0.1) is 13.8 Å². The predicted octanol–water partition coefficient (Wildman–Crippen LogP) is 1.14. The summed E-state index contributed by atoms with van der Waals surface area (Å²) in [6.07, 6.45) is 1.22. The molecule has 0 aliphatic rings. The van der Waals surface area contributed by atoms with E-state index in [0.29, 0.717) is 5.69 Å². The van der Waals surface area contributed by atoms with Crippen molar-refractivity contribution < 1.29 is 5.11 Å². The number of aryl methyl sites for hydroxylation is 2. The molecule has 0 atom stereocenters. The smallest absolute Gasteiger partial charge is 0.328 e. The van der Waals surface area contributed by atoms with Gasteiger partial charge in [0.15, 0.2) is 0 Å². The average Bonchev–Trinajstić information content (AvgIpc) is 2.30. The molecule has 0 amide bonds. The quantitative estimate of drug-likeness (QED) is 0.705. The van der Waals surface area contributed by atoms with Crippen LogP contribution in [0.4, 0.5) is 5.69 Å². The van der Waals surface area contributed by atoms with E-state index in [1.807, 2.05) is 37.0 Å². The third kappa shape index (κ3) is 2.79. The zero-order valence-corrected chi connectivity index (χ0v) is 10.5. The third-order valence-corrected chi connectivity index (χ3v) is 2.64. The Morgan fingerprint density at radius 1 is 1.21 bits per heavy atom. The predicted molar refractivity (Wildman–Crippen MR) is 72.5 cm³/mol. The van der Waals surface area contributed by atoms with Gasteiger partial charge in [0.05, 0.1) is 5.69 Å². The van der Waals surface area contributed by atoms with Gasteiger partial charge in [-0.3, -0.25) is 19.8 Å². The minimum absolute atomic E-state index is 0.0837. The highest BCUT2D eigenvalue weighted by Crippen LogP contribution is 2.19. The summed E-state index contributed by atoms with van der Waals surface area (Å²) in [4.78, 5) is 30.7. The lowest BCUT2D eigenvalue weighted by Crippen LogP contribution is -2.24. The van der Waals surface area contributed by atoms with E-state index in [2.05, 4.69) is 9.98 Å². The van der Waals surface area contributed by atoms with Gasteiger partial charge >= 0.3 is 5.69 Å². The molecule has 19 heavy (non-hydrogen) atoms. The Morgan fingerprint density at radius 3 is 2.58 bits per heavy atom. The third-order valence-electron chi connectivity index (χ3n) is 2.64. The van der Waals surface area contributed by atoms with Gasteiger partial charge in [0, 0.05) is 6.21 Å². The first-order valence-electron chi connectivity index (χ1n) is 5.64. The molecule has 1 heterocycles. The Balaban J connectivity index is 2.44. The molecule has 0 unspecified atom stereocenters. The van der Waals surface area contributed by atoms with Crippen LogP contribution in [0.3, 0.4) is 0 Å². The van der Waals surface area contributed by atoms with Crippen LogP contribution in [-0.4, -0.2) is 21.3 Å². The van der Waals surface area contributed by atoms with E-state index in [1.165, 1.54) is 6.21 Å². The number of hydrogen-bond donors (Lipinski definition) is 3. The zero-order valence-electron chi connectivity index (χ0n) is 10.5. The van der Waals surface area contributed by atoms with Crippen LogP contribution in [0.25, 0.3) is 0 Å². The molecule has 1 aromatic carbocycles. The van der Waals surface area contributed by atoms with Crippen LogP contribution in [0.1, 0.15) is 16.7 Å². The summed E-state index contributed by atoms with van der Waals surface area (Å²) in [5.41, 5.74) is 1.23. The number of H-pyrrole nitrogens is 2. The first kappa shape index (κ1) is 12.8. The summed E-state index contributed by atoms with van der Waals surface area (Å²) in [6.45, 7) is 3.87. The van der Waals surface area contributed by atoms with Gasteiger partial charge in [-0.2, -0.15) is 0 Å². The number of hydrogen-bond acceptors (Lipinski definition) is 4. The number of aliphatic imine (C=N–C) groups is 1. The molecule has 2 aromatic rings. The number of aromatic nitrogens is 2. The van der Waals surface area contributed by atoms with Crippen LogP contribution in [0.5, 0.6) is 5.88 Å². The Labute approximate surface area is 108 Å². The second kappa shape index (κ2) is 4.93. The highest BCUT2D eigenvalue weighted by Gasteiger charge is 2.05. The van der Waals surface area contributed by atoms with E-state index in [-0.39, 0.29) is 5.56 Å². The van der Waals surface area contributed by atoms with Gasteiger partial charge in [-0.1, -0.05) is 17.7 Å². The highest BCUT2D eigenvalue weighted by molar-refractivity contribution is 5.84. The van der Waals surface area contributed by atoms with Crippen molar-refractivity contribution in [3.8, 4) is 5.88 Å². The fourth-order valence-electron chi connectivity index (χ4n) is 1.69. The molecule has 6 nitrogen and oxygen atoms in total. The lowest BCUT2D eigenvalue weighted by molar-refractivity contribution is 0.447. The van der Waals surface area contributed by atoms with Gasteiger partial charge < -0.3 is 5.11 Å². The van der Waals surface area contributed by atoms with Crippen LogP contribution < -0.4 is 11.2 Å². The maximum Gasteiger partial charge on any atom is 0.328 e. The van der Waals surface area contributed by atoms with E-state index in [9.17, 15) is 14.7 Å². The van der Waals surface area contributed by atoms with Gasteiger partial charge in [0.2, 0.25) is 5.88 Å².